The van der Waals surface area contributed by atoms with Crippen LogP contribution in [0.4, 0.5) is 24.9 Å². The van der Waals surface area contributed by atoms with Crippen molar-refractivity contribution in [2.75, 3.05) is 23.4 Å². The van der Waals surface area contributed by atoms with Gasteiger partial charge >= 0.3 is 6.18 Å². The first-order valence-corrected chi connectivity index (χ1v) is 10.3. The van der Waals surface area contributed by atoms with Crippen molar-refractivity contribution in [2.45, 2.75) is 51.5 Å². The highest BCUT2D eigenvalue weighted by Crippen LogP contribution is 2.33. The van der Waals surface area contributed by atoms with Crippen LogP contribution in [0.2, 0.25) is 0 Å². The Morgan fingerprint density at radius 3 is 2.71 bits per heavy atom. The van der Waals surface area contributed by atoms with Crippen LogP contribution in [0.15, 0.2) is 30.6 Å². The molecule has 2 N–H and O–H groups in total. The van der Waals surface area contributed by atoms with Crippen LogP contribution in [0.3, 0.4) is 0 Å². The molecule has 3 heterocycles. The maximum Gasteiger partial charge on any atom is 0.416 e. The zero-order valence-corrected chi connectivity index (χ0v) is 17.4. The van der Waals surface area contributed by atoms with Gasteiger partial charge in [-0.15, -0.1) is 0 Å². The molecule has 1 aliphatic heterocycles. The Balaban J connectivity index is 1.74. The van der Waals surface area contributed by atoms with E-state index in [9.17, 15) is 18.3 Å². The second kappa shape index (κ2) is 8.33. The van der Waals surface area contributed by atoms with E-state index in [1.165, 1.54) is 12.1 Å². The predicted molar refractivity (Wildman–Crippen MR) is 112 cm³/mol. The summed E-state index contributed by atoms with van der Waals surface area (Å²) in [5.74, 6) is 0.818. The summed E-state index contributed by atoms with van der Waals surface area (Å²) in [5.41, 5.74) is 0.554. The minimum atomic E-state index is -4.44. The number of halogens is 3. The first kappa shape index (κ1) is 21.4. The average Bonchev–Trinajstić information content (AvgIpc) is 3.38. The van der Waals surface area contributed by atoms with Gasteiger partial charge in [0.1, 0.15) is 0 Å². The number of nitrogens with zero attached hydrogens (tertiary/aromatic N) is 5. The van der Waals surface area contributed by atoms with Crippen molar-refractivity contribution in [3.63, 3.8) is 0 Å². The van der Waals surface area contributed by atoms with Crippen LogP contribution < -0.4 is 10.2 Å². The minimum absolute atomic E-state index is 0.00738. The lowest BCUT2D eigenvalue weighted by Crippen LogP contribution is -2.33. The van der Waals surface area contributed by atoms with E-state index in [2.05, 4.69) is 15.3 Å². The maximum absolute atomic E-state index is 13.4. The molecule has 1 saturated heterocycles. The van der Waals surface area contributed by atoms with Crippen LogP contribution in [0, 0.1) is 0 Å². The van der Waals surface area contributed by atoms with E-state index < -0.39 is 11.7 Å². The highest BCUT2D eigenvalue weighted by Gasteiger charge is 2.33. The minimum Gasteiger partial charge on any atom is -0.394 e. The van der Waals surface area contributed by atoms with Crippen molar-refractivity contribution < 1.29 is 18.3 Å². The number of fused-ring (bicyclic) bond motifs is 1. The molecule has 2 aromatic heterocycles. The molecule has 0 radical (unpaired) electrons. The van der Waals surface area contributed by atoms with E-state index in [1.807, 2.05) is 23.3 Å². The Bertz CT molecular complexity index is 1060. The van der Waals surface area contributed by atoms with E-state index in [4.69, 9.17) is 4.98 Å². The summed E-state index contributed by atoms with van der Waals surface area (Å²) in [6.45, 7) is 4.65. The van der Waals surface area contributed by atoms with Crippen molar-refractivity contribution in [1.82, 2.24) is 19.5 Å². The predicted octanol–water partition coefficient (Wildman–Crippen LogP) is 4.00. The average molecular weight is 434 g/mol. The first-order valence-electron chi connectivity index (χ1n) is 10.3. The lowest BCUT2D eigenvalue weighted by Gasteiger charge is -2.24. The van der Waals surface area contributed by atoms with Gasteiger partial charge in [-0.2, -0.15) is 23.1 Å². The third-order valence-corrected chi connectivity index (χ3v) is 5.58. The SMILES string of the molecule is CC(C)n1cnc2c(NCc3ccccc3C(F)(F)F)nc(N3CCC[C@@H]3CO)nc21. The lowest BCUT2D eigenvalue weighted by atomic mass is 10.1. The number of benzene rings is 1. The van der Waals surface area contributed by atoms with Crippen molar-refractivity contribution in [3.05, 3.63) is 41.7 Å². The summed E-state index contributed by atoms with van der Waals surface area (Å²) in [6, 6.07) is 5.49. The molecule has 0 saturated carbocycles. The third kappa shape index (κ3) is 4.16. The first-order chi connectivity index (χ1) is 14.8. The fourth-order valence-electron chi connectivity index (χ4n) is 3.95. The molecule has 166 valence electrons. The van der Waals surface area contributed by atoms with E-state index in [0.29, 0.717) is 29.5 Å². The zero-order chi connectivity index (χ0) is 22.2. The normalized spacial score (nSPS) is 17.1. The van der Waals surface area contributed by atoms with E-state index in [0.717, 1.165) is 18.9 Å². The zero-order valence-electron chi connectivity index (χ0n) is 17.4. The van der Waals surface area contributed by atoms with Crippen LogP contribution in [0.5, 0.6) is 0 Å². The van der Waals surface area contributed by atoms with Gasteiger partial charge in [0.25, 0.3) is 0 Å². The molecule has 4 rings (SSSR count). The molecule has 31 heavy (non-hydrogen) atoms. The second-order valence-corrected chi connectivity index (χ2v) is 7.97. The molecule has 0 spiro atoms. The number of imidazole rings is 1. The van der Waals surface area contributed by atoms with Gasteiger partial charge in [-0.25, -0.2) is 4.98 Å². The van der Waals surface area contributed by atoms with E-state index in [1.54, 1.807) is 12.4 Å². The fraction of sp³-hybridized carbons (Fsp3) is 0.476. The summed E-state index contributed by atoms with van der Waals surface area (Å²) in [5, 5.41) is 12.8. The summed E-state index contributed by atoms with van der Waals surface area (Å²) in [7, 11) is 0. The summed E-state index contributed by atoms with van der Waals surface area (Å²) >= 11 is 0. The number of rotatable bonds is 6. The molecule has 0 amide bonds. The van der Waals surface area contributed by atoms with Gasteiger partial charge in [0.05, 0.1) is 24.5 Å². The molecule has 1 aromatic carbocycles. The molecule has 0 unspecified atom stereocenters. The molecule has 10 heteroatoms. The number of aromatic nitrogens is 4. The monoisotopic (exact) mass is 434 g/mol. The molecule has 3 aromatic rings. The van der Waals surface area contributed by atoms with Crippen LogP contribution >= 0.6 is 0 Å². The Labute approximate surface area is 177 Å². The molecular weight excluding hydrogens is 409 g/mol. The summed E-state index contributed by atoms with van der Waals surface area (Å²) in [6.07, 6.45) is -1.02. The summed E-state index contributed by atoms with van der Waals surface area (Å²) in [4.78, 5) is 15.7. The smallest absolute Gasteiger partial charge is 0.394 e. The van der Waals surface area contributed by atoms with Gasteiger partial charge in [-0.1, -0.05) is 18.2 Å². The van der Waals surface area contributed by atoms with Crippen molar-refractivity contribution in [2.24, 2.45) is 0 Å². The number of aliphatic hydroxyl groups excluding tert-OH is 1. The number of alkyl halides is 3. The topological polar surface area (TPSA) is 79.1 Å². The number of nitrogens with one attached hydrogen (secondary N) is 1. The number of hydrogen-bond donors (Lipinski definition) is 2. The molecule has 1 atom stereocenters. The molecule has 0 bridgehead atoms. The molecule has 7 nitrogen and oxygen atoms in total. The quantitative estimate of drug-likeness (QED) is 0.611. The molecule has 1 aliphatic rings. The number of hydrogen-bond acceptors (Lipinski definition) is 6. The van der Waals surface area contributed by atoms with Crippen LogP contribution in [-0.2, 0) is 12.7 Å². The Kier molecular flexibility index (Phi) is 5.74. The van der Waals surface area contributed by atoms with Crippen molar-refractivity contribution in [1.29, 1.82) is 0 Å². The summed E-state index contributed by atoms with van der Waals surface area (Å²) < 4.78 is 42.0. The van der Waals surface area contributed by atoms with E-state index >= 15 is 0 Å². The lowest BCUT2D eigenvalue weighted by molar-refractivity contribution is -0.138. The van der Waals surface area contributed by atoms with Crippen molar-refractivity contribution >= 4 is 22.9 Å². The molecule has 0 aliphatic carbocycles. The van der Waals surface area contributed by atoms with Gasteiger partial charge in [-0.05, 0) is 38.3 Å². The van der Waals surface area contributed by atoms with Crippen LogP contribution in [-0.4, -0.2) is 43.8 Å². The van der Waals surface area contributed by atoms with Crippen LogP contribution in [0.1, 0.15) is 43.9 Å². The van der Waals surface area contributed by atoms with Gasteiger partial charge in [0.15, 0.2) is 17.0 Å². The van der Waals surface area contributed by atoms with E-state index in [-0.39, 0.29) is 30.8 Å². The second-order valence-electron chi connectivity index (χ2n) is 7.97. The van der Waals surface area contributed by atoms with Gasteiger partial charge < -0.3 is 19.9 Å². The van der Waals surface area contributed by atoms with Gasteiger partial charge in [0, 0.05) is 19.1 Å². The highest BCUT2D eigenvalue weighted by atomic mass is 19.4. The standard InChI is InChI=1S/C21H25F3N6O/c1-13(2)30-12-26-17-18(25-10-14-6-3-4-8-16(14)21(22,23)24)27-20(28-19(17)30)29-9-5-7-15(29)11-31/h3-4,6,8,12-13,15,31H,5,7,9-11H2,1-2H3,(H,25,27,28)/t15-/m1/s1. The number of aliphatic hydroxyl groups is 1. The Morgan fingerprint density at radius 2 is 2.00 bits per heavy atom. The third-order valence-electron chi connectivity index (χ3n) is 5.58. The van der Waals surface area contributed by atoms with Gasteiger partial charge in [0.2, 0.25) is 5.95 Å². The van der Waals surface area contributed by atoms with Crippen LogP contribution in [0.25, 0.3) is 11.2 Å². The number of anilines is 2. The molecule has 1 fully saturated rings. The highest BCUT2D eigenvalue weighted by molar-refractivity contribution is 5.84. The Hall–Kier alpha value is -2.88. The Morgan fingerprint density at radius 1 is 1.23 bits per heavy atom. The maximum atomic E-state index is 13.4. The van der Waals surface area contributed by atoms with Gasteiger partial charge in [-0.3, -0.25) is 0 Å². The van der Waals surface area contributed by atoms with Crippen molar-refractivity contribution in [3.8, 4) is 0 Å². The largest absolute Gasteiger partial charge is 0.416 e. The fourth-order valence-corrected chi connectivity index (χ4v) is 3.95. The molecular formula is C21H25F3N6O.